The minimum absolute atomic E-state index is 0.00326. The van der Waals surface area contributed by atoms with Gasteiger partial charge in [-0.15, -0.1) is 0 Å². The number of nitrogens with zero attached hydrogens (tertiary/aromatic N) is 1. The zero-order chi connectivity index (χ0) is 27.8. The molecule has 0 spiro atoms. The highest BCUT2D eigenvalue weighted by Crippen LogP contribution is 2.38. The molecular weight excluding hydrogens is 503 g/mol. The Kier molecular flexibility index (Phi) is 8.66. The summed E-state index contributed by atoms with van der Waals surface area (Å²) in [5, 5.41) is 3.05. The minimum Gasteiger partial charge on any atom is -0.381 e. The molecule has 0 radical (unpaired) electrons. The van der Waals surface area contributed by atoms with Crippen molar-refractivity contribution in [1.29, 1.82) is 0 Å². The SMILES string of the molecule is Cc1c(C(=O)NC2CCOCC2)cc(-c2ccc(S(=O)NC(C)(C)C)c(C(F)(F)F)c2)n1CC(C)(C)C. The van der Waals surface area contributed by atoms with Gasteiger partial charge in [-0.3, -0.25) is 4.79 Å². The lowest BCUT2D eigenvalue weighted by atomic mass is 9.96. The first kappa shape index (κ1) is 29.4. The number of rotatable bonds is 6. The molecule has 1 aromatic heterocycles. The average molecular weight is 542 g/mol. The van der Waals surface area contributed by atoms with Crippen molar-refractivity contribution in [3.05, 3.63) is 41.1 Å². The fraction of sp³-hybridized carbons (Fsp3) is 0.593. The molecule has 1 amide bonds. The number of amides is 1. The van der Waals surface area contributed by atoms with E-state index in [1.54, 1.807) is 32.9 Å². The molecule has 2 heterocycles. The number of benzene rings is 1. The third-order valence-electron chi connectivity index (χ3n) is 5.98. The predicted octanol–water partition coefficient (Wildman–Crippen LogP) is 5.85. The van der Waals surface area contributed by atoms with E-state index >= 15 is 0 Å². The molecule has 1 saturated heterocycles. The molecule has 37 heavy (non-hydrogen) atoms. The highest BCUT2D eigenvalue weighted by atomic mass is 32.2. The first-order valence-electron chi connectivity index (χ1n) is 12.5. The van der Waals surface area contributed by atoms with Crippen LogP contribution in [0.4, 0.5) is 13.2 Å². The highest BCUT2D eigenvalue weighted by Gasteiger charge is 2.36. The average Bonchev–Trinajstić information content (AvgIpc) is 3.07. The maximum absolute atomic E-state index is 14.1. The van der Waals surface area contributed by atoms with E-state index in [-0.39, 0.29) is 22.3 Å². The predicted molar refractivity (Wildman–Crippen MR) is 140 cm³/mol. The van der Waals surface area contributed by atoms with E-state index in [9.17, 15) is 22.2 Å². The van der Waals surface area contributed by atoms with Crippen LogP contribution in [-0.2, 0) is 28.4 Å². The van der Waals surface area contributed by atoms with Crippen molar-refractivity contribution in [3.63, 3.8) is 0 Å². The van der Waals surface area contributed by atoms with E-state index in [1.807, 2.05) is 32.3 Å². The van der Waals surface area contributed by atoms with Gasteiger partial charge in [-0.1, -0.05) is 26.8 Å². The number of carbonyl (C=O) groups excluding carboxylic acids is 1. The number of nitrogens with one attached hydrogen (secondary N) is 2. The minimum atomic E-state index is -4.71. The van der Waals surface area contributed by atoms with Crippen LogP contribution in [0.5, 0.6) is 0 Å². The standard InChI is InChI=1S/C27H38F3N3O3S/c1-17-20(24(34)31-19-10-12-36-13-11-19)15-22(33(17)16-25(2,3)4)18-8-9-23(21(14-18)27(28,29)30)37(35)32-26(5,6)7/h8-9,14-15,19,32H,10-13,16H2,1-7H3,(H,31,34). The van der Waals surface area contributed by atoms with E-state index in [2.05, 4.69) is 10.0 Å². The van der Waals surface area contributed by atoms with Crippen LogP contribution in [0.3, 0.4) is 0 Å². The summed E-state index contributed by atoms with van der Waals surface area (Å²) in [4.78, 5) is 12.9. The maximum atomic E-state index is 14.1. The number of hydrogen-bond donors (Lipinski definition) is 2. The summed E-state index contributed by atoms with van der Waals surface area (Å²) in [7, 11) is -2.06. The fourth-order valence-electron chi connectivity index (χ4n) is 4.30. The smallest absolute Gasteiger partial charge is 0.381 e. The van der Waals surface area contributed by atoms with Gasteiger partial charge < -0.3 is 14.6 Å². The van der Waals surface area contributed by atoms with Crippen LogP contribution >= 0.6 is 0 Å². The number of alkyl halides is 3. The Morgan fingerprint density at radius 1 is 1.08 bits per heavy atom. The molecule has 2 N–H and O–H groups in total. The monoisotopic (exact) mass is 541 g/mol. The van der Waals surface area contributed by atoms with Gasteiger partial charge in [0.05, 0.1) is 16.0 Å². The normalized spacial score (nSPS) is 16.6. The van der Waals surface area contributed by atoms with Crippen molar-refractivity contribution in [2.75, 3.05) is 13.2 Å². The summed E-state index contributed by atoms with van der Waals surface area (Å²) in [6, 6.07) is 5.50. The fourth-order valence-corrected chi connectivity index (χ4v) is 5.54. The Balaban J connectivity index is 2.09. The molecule has 10 heteroatoms. The summed E-state index contributed by atoms with van der Waals surface area (Å²) < 4.78 is 65.2. The molecule has 2 aromatic rings. The zero-order valence-corrected chi connectivity index (χ0v) is 23.5. The van der Waals surface area contributed by atoms with Crippen molar-refractivity contribution < 1.29 is 26.9 Å². The number of ether oxygens (including phenoxy) is 1. The summed E-state index contributed by atoms with van der Waals surface area (Å²) in [6.07, 6.45) is -3.27. The van der Waals surface area contributed by atoms with Gasteiger partial charge in [0.2, 0.25) is 0 Å². The van der Waals surface area contributed by atoms with E-state index < -0.39 is 28.3 Å². The molecule has 0 bridgehead atoms. The van der Waals surface area contributed by atoms with E-state index in [4.69, 9.17) is 4.74 Å². The van der Waals surface area contributed by atoms with Crippen LogP contribution in [0.2, 0.25) is 0 Å². The molecule has 6 nitrogen and oxygen atoms in total. The van der Waals surface area contributed by atoms with Gasteiger partial charge in [-0.25, -0.2) is 8.93 Å². The number of carbonyl (C=O) groups is 1. The lowest BCUT2D eigenvalue weighted by Crippen LogP contribution is -2.39. The number of hydrogen-bond acceptors (Lipinski definition) is 3. The lowest BCUT2D eigenvalue weighted by molar-refractivity contribution is -0.139. The maximum Gasteiger partial charge on any atom is 0.417 e. The van der Waals surface area contributed by atoms with E-state index in [0.717, 1.165) is 18.9 Å². The molecule has 1 atom stereocenters. The third kappa shape index (κ3) is 7.67. The van der Waals surface area contributed by atoms with Crippen LogP contribution < -0.4 is 10.0 Å². The Labute approximate surface area is 219 Å². The second-order valence-electron chi connectivity index (χ2n) is 11.9. The first-order valence-corrected chi connectivity index (χ1v) is 13.6. The van der Waals surface area contributed by atoms with Gasteiger partial charge in [-0.05, 0) is 69.7 Å². The van der Waals surface area contributed by atoms with E-state index in [1.165, 1.54) is 6.07 Å². The van der Waals surface area contributed by atoms with Crippen LogP contribution in [-0.4, -0.2) is 39.5 Å². The zero-order valence-electron chi connectivity index (χ0n) is 22.6. The molecule has 3 rings (SSSR count). The molecule has 1 fully saturated rings. The molecule has 1 aliphatic rings. The second kappa shape index (κ2) is 10.9. The van der Waals surface area contributed by atoms with Gasteiger partial charge in [0, 0.05) is 42.7 Å². The first-order chi connectivity index (χ1) is 17.0. The Hall–Kier alpha value is -2.17. The van der Waals surface area contributed by atoms with Crippen molar-refractivity contribution in [3.8, 4) is 11.3 Å². The van der Waals surface area contributed by atoms with Gasteiger partial charge in [-0.2, -0.15) is 13.2 Å². The molecule has 1 aliphatic heterocycles. The van der Waals surface area contributed by atoms with Crippen molar-refractivity contribution in [2.45, 2.75) is 90.5 Å². The number of aromatic nitrogens is 1. The Bertz CT molecular complexity index is 1150. The molecule has 1 aromatic carbocycles. The van der Waals surface area contributed by atoms with Gasteiger partial charge in [0.1, 0.15) is 11.0 Å². The van der Waals surface area contributed by atoms with Crippen molar-refractivity contribution >= 4 is 16.9 Å². The van der Waals surface area contributed by atoms with Gasteiger partial charge >= 0.3 is 6.18 Å². The molecule has 0 saturated carbocycles. The van der Waals surface area contributed by atoms with Crippen molar-refractivity contribution in [1.82, 2.24) is 14.6 Å². The van der Waals surface area contributed by atoms with Crippen molar-refractivity contribution in [2.24, 2.45) is 5.41 Å². The topological polar surface area (TPSA) is 72.4 Å². The summed E-state index contributed by atoms with van der Waals surface area (Å²) in [5.74, 6) is -0.249. The largest absolute Gasteiger partial charge is 0.417 e. The molecular formula is C27H38F3N3O3S. The van der Waals surface area contributed by atoms with Gasteiger partial charge in [0.15, 0.2) is 0 Å². The van der Waals surface area contributed by atoms with Gasteiger partial charge in [0.25, 0.3) is 5.91 Å². The Morgan fingerprint density at radius 3 is 2.24 bits per heavy atom. The molecule has 0 aliphatic carbocycles. The van der Waals surface area contributed by atoms with Crippen LogP contribution in [0.25, 0.3) is 11.3 Å². The lowest BCUT2D eigenvalue weighted by Gasteiger charge is -2.24. The summed E-state index contributed by atoms with van der Waals surface area (Å²) in [5.41, 5.74) is 0.133. The molecule has 1 unspecified atom stereocenters. The number of halogens is 3. The van der Waals surface area contributed by atoms with Crippen LogP contribution in [0.1, 0.15) is 76.0 Å². The quantitative estimate of drug-likeness (QED) is 0.482. The van der Waals surface area contributed by atoms with Crippen LogP contribution in [0, 0.1) is 12.3 Å². The highest BCUT2D eigenvalue weighted by molar-refractivity contribution is 7.83. The second-order valence-corrected chi connectivity index (χ2v) is 13.0. The third-order valence-corrected chi connectivity index (χ3v) is 7.53. The summed E-state index contributed by atoms with van der Waals surface area (Å²) in [6.45, 7) is 14.8. The molecule has 206 valence electrons. The van der Waals surface area contributed by atoms with E-state index in [0.29, 0.717) is 42.3 Å². The Morgan fingerprint density at radius 2 is 1.70 bits per heavy atom. The van der Waals surface area contributed by atoms with Crippen LogP contribution in [0.15, 0.2) is 29.2 Å². The summed E-state index contributed by atoms with van der Waals surface area (Å²) >= 11 is 0.